The number of aromatic nitrogens is 3. The molecule has 4 rings (SSSR count). The first-order chi connectivity index (χ1) is 13.7. The number of H-pyrrole nitrogens is 1. The molecule has 2 aromatic heterocycles. The van der Waals surface area contributed by atoms with Crippen LogP contribution in [-0.4, -0.2) is 34.3 Å². The molecule has 0 aliphatic heterocycles. The minimum Gasteiger partial charge on any atom is -0.496 e. The van der Waals surface area contributed by atoms with Crippen LogP contribution in [0.5, 0.6) is 5.75 Å². The Balaban J connectivity index is 1.49. The number of amides is 1. The Kier molecular flexibility index (Phi) is 4.85. The average Bonchev–Trinajstić information content (AvgIpc) is 3.33. The quantitative estimate of drug-likeness (QED) is 0.542. The number of aromatic amines is 1. The fraction of sp³-hybridized carbons (Fsp3) is 0.182. The van der Waals surface area contributed by atoms with E-state index in [1.165, 1.54) is 16.5 Å². The summed E-state index contributed by atoms with van der Waals surface area (Å²) in [5.41, 5.74) is 4.37. The molecule has 0 unspecified atom stereocenters. The third-order valence-electron chi connectivity index (χ3n) is 4.92. The SMILES string of the molecule is COc1ccccc1-c1[nH]ncc1C(=O)NCCc1cn(C)c2ccccc12. The molecule has 0 radical (unpaired) electrons. The minimum absolute atomic E-state index is 0.158. The van der Waals surface area contributed by atoms with Crippen molar-refractivity contribution in [2.75, 3.05) is 13.7 Å². The lowest BCUT2D eigenvalue weighted by molar-refractivity contribution is 0.0955. The van der Waals surface area contributed by atoms with Crippen molar-refractivity contribution in [1.29, 1.82) is 0 Å². The van der Waals surface area contributed by atoms with Crippen LogP contribution in [0.25, 0.3) is 22.2 Å². The largest absolute Gasteiger partial charge is 0.496 e. The second kappa shape index (κ2) is 7.60. The number of benzene rings is 2. The van der Waals surface area contributed by atoms with E-state index in [9.17, 15) is 4.79 Å². The van der Waals surface area contributed by atoms with E-state index in [0.29, 0.717) is 23.6 Å². The van der Waals surface area contributed by atoms with Crippen LogP contribution >= 0.6 is 0 Å². The van der Waals surface area contributed by atoms with Gasteiger partial charge < -0.3 is 14.6 Å². The summed E-state index contributed by atoms with van der Waals surface area (Å²) in [6.45, 7) is 0.545. The zero-order valence-corrected chi connectivity index (χ0v) is 15.9. The van der Waals surface area contributed by atoms with Crippen LogP contribution in [0.15, 0.2) is 60.9 Å². The van der Waals surface area contributed by atoms with Crippen LogP contribution in [-0.2, 0) is 13.5 Å². The Hall–Kier alpha value is -3.54. The lowest BCUT2D eigenvalue weighted by Gasteiger charge is -2.09. The monoisotopic (exact) mass is 374 g/mol. The Bertz CT molecular complexity index is 1130. The van der Waals surface area contributed by atoms with E-state index < -0.39 is 0 Å². The summed E-state index contributed by atoms with van der Waals surface area (Å²) < 4.78 is 7.52. The van der Waals surface area contributed by atoms with Gasteiger partial charge in [0.2, 0.25) is 0 Å². The number of nitrogens with zero attached hydrogens (tertiary/aromatic N) is 2. The second-order valence-electron chi connectivity index (χ2n) is 6.65. The van der Waals surface area contributed by atoms with E-state index in [4.69, 9.17) is 4.74 Å². The molecule has 6 heteroatoms. The fourth-order valence-corrected chi connectivity index (χ4v) is 3.55. The summed E-state index contributed by atoms with van der Waals surface area (Å²) in [6.07, 6.45) is 4.43. The molecule has 4 aromatic rings. The number of hydrogen-bond acceptors (Lipinski definition) is 3. The maximum Gasteiger partial charge on any atom is 0.255 e. The predicted molar refractivity (Wildman–Crippen MR) is 110 cm³/mol. The summed E-state index contributed by atoms with van der Waals surface area (Å²) >= 11 is 0. The van der Waals surface area contributed by atoms with Gasteiger partial charge in [-0.3, -0.25) is 9.89 Å². The van der Waals surface area contributed by atoms with Gasteiger partial charge in [0.1, 0.15) is 5.75 Å². The molecule has 0 bridgehead atoms. The highest BCUT2D eigenvalue weighted by Crippen LogP contribution is 2.30. The van der Waals surface area contributed by atoms with E-state index in [0.717, 1.165) is 12.0 Å². The van der Waals surface area contributed by atoms with Gasteiger partial charge in [0.15, 0.2) is 0 Å². The van der Waals surface area contributed by atoms with Crippen molar-refractivity contribution in [3.8, 4) is 17.0 Å². The predicted octanol–water partition coefficient (Wildman–Crippen LogP) is 3.55. The number of methoxy groups -OCH3 is 1. The highest BCUT2D eigenvalue weighted by molar-refractivity contribution is 6.00. The zero-order chi connectivity index (χ0) is 19.5. The van der Waals surface area contributed by atoms with Crippen molar-refractivity contribution in [3.05, 3.63) is 72.1 Å². The standard InChI is InChI=1S/C22H22N4O2/c1-26-14-15(16-7-3-5-9-19(16)26)11-12-23-22(27)18-13-24-25-21(18)17-8-4-6-10-20(17)28-2/h3-10,13-14H,11-12H2,1-2H3,(H,23,27)(H,24,25). The number of nitrogens with one attached hydrogen (secondary N) is 2. The van der Waals surface area contributed by atoms with Crippen LogP contribution in [0.1, 0.15) is 15.9 Å². The van der Waals surface area contributed by atoms with E-state index in [2.05, 4.69) is 38.4 Å². The van der Waals surface area contributed by atoms with Crippen molar-refractivity contribution in [2.24, 2.45) is 7.05 Å². The molecule has 0 aliphatic rings. The number of rotatable bonds is 6. The summed E-state index contributed by atoms with van der Waals surface area (Å²) in [7, 11) is 3.65. The number of para-hydroxylation sites is 2. The molecule has 2 aromatic carbocycles. The Morgan fingerprint density at radius 3 is 2.82 bits per heavy atom. The second-order valence-corrected chi connectivity index (χ2v) is 6.65. The van der Waals surface area contributed by atoms with Gasteiger partial charge >= 0.3 is 0 Å². The summed E-state index contributed by atoms with van der Waals surface area (Å²) in [5.74, 6) is 0.534. The number of carbonyl (C=O) groups excluding carboxylic acids is 1. The lowest BCUT2D eigenvalue weighted by atomic mass is 10.1. The van der Waals surface area contributed by atoms with E-state index in [1.54, 1.807) is 13.3 Å². The van der Waals surface area contributed by atoms with Gasteiger partial charge in [-0.25, -0.2) is 0 Å². The van der Waals surface area contributed by atoms with E-state index in [1.807, 2.05) is 43.4 Å². The first-order valence-corrected chi connectivity index (χ1v) is 9.17. The molecule has 28 heavy (non-hydrogen) atoms. The van der Waals surface area contributed by atoms with E-state index in [-0.39, 0.29) is 5.91 Å². The summed E-state index contributed by atoms with van der Waals surface area (Å²) in [6, 6.07) is 15.8. The van der Waals surface area contributed by atoms with Crippen LogP contribution in [0.4, 0.5) is 0 Å². The average molecular weight is 374 g/mol. The summed E-state index contributed by atoms with van der Waals surface area (Å²) in [5, 5.41) is 11.2. The molecule has 0 saturated heterocycles. The number of fused-ring (bicyclic) bond motifs is 1. The van der Waals surface area contributed by atoms with E-state index >= 15 is 0 Å². The van der Waals surface area contributed by atoms with Crippen LogP contribution in [0, 0.1) is 0 Å². The third kappa shape index (κ3) is 3.24. The highest BCUT2D eigenvalue weighted by atomic mass is 16.5. The van der Waals surface area contributed by atoms with Gasteiger partial charge in [-0.1, -0.05) is 30.3 Å². The first kappa shape index (κ1) is 17.9. The minimum atomic E-state index is -0.158. The molecule has 142 valence electrons. The summed E-state index contributed by atoms with van der Waals surface area (Å²) in [4.78, 5) is 12.7. The number of hydrogen-bond donors (Lipinski definition) is 2. The molecule has 2 heterocycles. The third-order valence-corrected chi connectivity index (χ3v) is 4.92. The van der Waals surface area contributed by atoms with Crippen molar-refractivity contribution >= 4 is 16.8 Å². The van der Waals surface area contributed by atoms with Crippen LogP contribution in [0.3, 0.4) is 0 Å². The normalized spacial score (nSPS) is 10.9. The van der Waals surface area contributed by atoms with Gasteiger partial charge in [-0.2, -0.15) is 5.10 Å². The number of aryl methyl sites for hydroxylation is 1. The first-order valence-electron chi connectivity index (χ1n) is 9.17. The van der Waals surface area contributed by atoms with Crippen molar-refractivity contribution < 1.29 is 9.53 Å². The molecular weight excluding hydrogens is 352 g/mol. The molecule has 1 amide bonds. The van der Waals surface area contributed by atoms with Crippen LogP contribution < -0.4 is 10.1 Å². The molecule has 6 nitrogen and oxygen atoms in total. The maximum atomic E-state index is 12.7. The van der Waals surface area contributed by atoms with Crippen LogP contribution in [0.2, 0.25) is 0 Å². The van der Waals surface area contributed by atoms with Gasteiger partial charge in [0.05, 0.1) is 24.6 Å². The highest BCUT2D eigenvalue weighted by Gasteiger charge is 2.17. The molecule has 0 atom stereocenters. The molecule has 0 saturated carbocycles. The zero-order valence-electron chi connectivity index (χ0n) is 15.9. The Morgan fingerprint density at radius 2 is 1.96 bits per heavy atom. The maximum absolute atomic E-state index is 12.7. The van der Waals surface area contributed by atoms with Gasteiger partial charge in [0, 0.05) is 36.3 Å². The van der Waals surface area contributed by atoms with Gasteiger partial charge in [-0.05, 0) is 30.2 Å². The van der Waals surface area contributed by atoms with Crippen molar-refractivity contribution in [3.63, 3.8) is 0 Å². The molecule has 0 spiro atoms. The van der Waals surface area contributed by atoms with Crippen molar-refractivity contribution in [1.82, 2.24) is 20.1 Å². The molecule has 0 aliphatic carbocycles. The van der Waals surface area contributed by atoms with Gasteiger partial charge in [0.25, 0.3) is 5.91 Å². The lowest BCUT2D eigenvalue weighted by Crippen LogP contribution is -2.25. The smallest absolute Gasteiger partial charge is 0.255 e. The fourth-order valence-electron chi connectivity index (χ4n) is 3.55. The Morgan fingerprint density at radius 1 is 1.18 bits per heavy atom. The molecule has 2 N–H and O–H groups in total. The number of carbonyl (C=O) groups is 1. The molecular formula is C22H22N4O2. The Labute approximate surface area is 163 Å². The number of ether oxygens (including phenoxy) is 1. The molecule has 0 fully saturated rings. The van der Waals surface area contributed by atoms with Gasteiger partial charge in [-0.15, -0.1) is 0 Å². The van der Waals surface area contributed by atoms with Crippen molar-refractivity contribution in [2.45, 2.75) is 6.42 Å². The topological polar surface area (TPSA) is 71.9 Å².